The number of likely N-dealkylation sites (tertiary alicyclic amines) is 1. The molecule has 4 heterocycles. The molecule has 4 rings (SSSR count). The van der Waals surface area contributed by atoms with Crippen LogP contribution < -0.4 is 4.90 Å². The monoisotopic (exact) mass is 391 g/mol. The summed E-state index contributed by atoms with van der Waals surface area (Å²) in [4.78, 5) is 22.2. The Labute approximate surface area is 162 Å². The lowest BCUT2D eigenvalue weighted by Gasteiger charge is -2.26. The van der Waals surface area contributed by atoms with E-state index in [1.807, 2.05) is 19.9 Å². The van der Waals surface area contributed by atoms with Gasteiger partial charge in [0.05, 0.1) is 30.7 Å². The molecule has 27 heavy (non-hydrogen) atoms. The number of H-pyrrole nitrogens is 1. The van der Waals surface area contributed by atoms with Crippen molar-refractivity contribution in [3.63, 3.8) is 0 Å². The van der Waals surface area contributed by atoms with E-state index < -0.39 is 6.10 Å². The summed E-state index contributed by atoms with van der Waals surface area (Å²) in [5.41, 5.74) is 2.68. The molecule has 0 spiro atoms. The van der Waals surface area contributed by atoms with Crippen LogP contribution in [0, 0.1) is 19.8 Å². The number of anilines is 1. The summed E-state index contributed by atoms with van der Waals surface area (Å²) in [6.07, 6.45) is 0.133. The molecule has 2 fully saturated rings. The van der Waals surface area contributed by atoms with Crippen molar-refractivity contribution in [1.82, 2.24) is 20.1 Å². The van der Waals surface area contributed by atoms with Crippen LogP contribution in [-0.2, 0) is 11.2 Å². The normalized spacial score (nSPS) is 23.2. The average molecular weight is 391 g/mol. The number of aliphatic hydroxyl groups excluding tert-OH is 1. The number of morpholine rings is 1. The van der Waals surface area contributed by atoms with E-state index in [1.165, 1.54) is 11.3 Å². The molecule has 2 N–H and O–H groups in total. The number of rotatable bonds is 4. The number of hydrogen-bond acceptors (Lipinski definition) is 7. The van der Waals surface area contributed by atoms with E-state index in [-0.39, 0.29) is 11.8 Å². The zero-order valence-corrected chi connectivity index (χ0v) is 16.5. The van der Waals surface area contributed by atoms with E-state index >= 15 is 0 Å². The number of thiazole rings is 1. The molecule has 0 radical (unpaired) electrons. The topological polar surface area (TPSA) is 94.6 Å². The van der Waals surface area contributed by atoms with Crippen molar-refractivity contribution in [1.29, 1.82) is 0 Å². The molecule has 0 saturated carbocycles. The molecule has 9 heteroatoms. The lowest BCUT2D eigenvalue weighted by molar-refractivity contribution is 0.0768. The van der Waals surface area contributed by atoms with Gasteiger partial charge in [-0.1, -0.05) is 11.3 Å². The smallest absolute Gasteiger partial charge is 0.266 e. The molecular weight excluding hydrogens is 366 g/mol. The molecule has 0 unspecified atom stereocenters. The second-order valence-electron chi connectivity index (χ2n) is 7.29. The third-order valence-corrected chi connectivity index (χ3v) is 6.39. The second-order valence-corrected chi connectivity index (χ2v) is 8.27. The number of ether oxygens (including phenoxy) is 1. The van der Waals surface area contributed by atoms with E-state index in [0.29, 0.717) is 37.6 Å². The first-order chi connectivity index (χ1) is 13.0. The molecule has 0 bridgehead atoms. The number of aromatic amines is 1. The number of nitrogens with one attached hydrogen (secondary N) is 1. The van der Waals surface area contributed by atoms with Gasteiger partial charge in [-0.2, -0.15) is 5.10 Å². The van der Waals surface area contributed by atoms with Crippen LogP contribution in [0.1, 0.15) is 26.8 Å². The molecule has 2 aliphatic heterocycles. The minimum absolute atomic E-state index is 0.00333. The van der Waals surface area contributed by atoms with Crippen LogP contribution in [0.2, 0.25) is 0 Å². The maximum atomic E-state index is 13.0. The average Bonchev–Trinajstić information content (AvgIpc) is 3.35. The standard InChI is InChI=1S/C18H25N5O3S/c1-11-7-14(21-20-11)8-13-9-23(10-15(13)24)17(25)16-12(2)19-18(27-16)22-3-5-26-6-4-22/h7,13,15,24H,3-6,8-10H2,1-2H3,(H,20,21)/t13-,15-/m1/s1. The molecule has 0 aliphatic carbocycles. The van der Waals surface area contributed by atoms with Gasteiger partial charge in [-0.25, -0.2) is 4.98 Å². The van der Waals surface area contributed by atoms with Gasteiger partial charge in [0.25, 0.3) is 5.91 Å². The summed E-state index contributed by atoms with van der Waals surface area (Å²) in [5.74, 6) is -0.0344. The molecule has 2 aromatic heterocycles. The highest BCUT2D eigenvalue weighted by Gasteiger charge is 2.36. The number of aromatic nitrogens is 3. The molecule has 8 nitrogen and oxygen atoms in total. The van der Waals surface area contributed by atoms with Crippen LogP contribution in [0.15, 0.2) is 6.07 Å². The van der Waals surface area contributed by atoms with Crippen molar-refractivity contribution < 1.29 is 14.6 Å². The van der Waals surface area contributed by atoms with Gasteiger partial charge in [0.15, 0.2) is 5.13 Å². The van der Waals surface area contributed by atoms with Crippen LogP contribution in [0.3, 0.4) is 0 Å². The van der Waals surface area contributed by atoms with Crippen molar-refractivity contribution in [3.8, 4) is 0 Å². The number of amides is 1. The highest BCUT2D eigenvalue weighted by molar-refractivity contribution is 7.17. The Hall–Kier alpha value is -1.97. The summed E-state index contributed by atoms with van der Waals surface area (Å²) < 4.78 is 5.39. The Kier molecular flexibility index (Phi) is 5.16. The van der Waals surface area contributed by atoms with Gasteiger partial charge in [-0.3, -0.25) is 9.89 Å². The lowest BCUT2D eigenvalue weighted by Crippen LogP contribution is -2.36. The van der Waals surface area contributed by atoms with E-state index in [2.05, 4.69) is 20.1 Å². The molecule has 1 amide bonds. The van der Waals surface area contributed by atoms with Crippen molar-refractivity contribution in [3.05, 3.63) is 28.0 Å². The lowest BCUT2D eigenvalue weighted by atomic mass is 10.0. The Morgan fingerprint density at radius 2 is 2.15 bits per heavy atom. The van der Waals surface area contributed by atoms with Crippen molar-refractivity contribution in [2.24, 2.45) is 5.92 Å². The van der Waals surface area contributed by atoms with Crippen molar-refractivity contribution >= 4 is 22.4 Å². The number of aliphatic hydroxyl groups is 1. The maximum Gasteiger partial charge on any atom is 0.266 e. The zero-order valence-electron chi connectivity index (χ0n) is 15.6. The summed E-state index contributed by atoms with van der Waals surface area (Å²) in [6, 6.07) is 1.99. The third kappa shape index (κ3) is 3.85. The first-order valence-electron chi connectivity index (χ1n) is 9.29. The molecule has 2 saturated heterocycles. The van der Waals surface area contributed by atoms with Gasteiger partial charge in [-0.05, 0) is 26.3 Å². The fourth-order valence-corrected chi connectivity index (χ4v) is 4.77. The van der Waals surface area contributed by atoms with E-state index in [9.17, 15) is 9.90 Å². The van der Waals surface area contributed by atoms with E-state index in [0.717, 1.165) is 35.3 Å². The third-order valence-electron chi connectivity index (χ3n) is 5.19. The van der Waals surface area contributed by atoms with Gasteiger partial charge in [0.1, 0.15) is 4.88 Å². The number of nitrogens with zero attached hydrogens (tertiary/aromatic N) is 4. The predicted octanol–water partition coefficient (Wildman–Crippen LogP) is 0.995. The molecule has 2 aromatic rings. The van der Waals surface area contributed by atoms with Gasteiger partial charge in [0, 0.05) is 37.8 Å². The Morgan fingerprint density at radius 1 is 1.37 bits per heavy atom. The summed E-state index contributed by atoms with van der Waals surface area (Å²) in [7, 11) is 0. The molecular formula is C18H25N5O3S. The molecule has 146 valence electrons. The van der Waals surface area contributed by atoms with Gasteiger partial charge < -0.3 is 19.6 Å². The first kappa shape index (κ1) is 18.4. The number of aryl methyl sites for hydroxylation is 2. The van der Waals surface area contributed by atoms with Crippen molar-refractivity contribution in [2.45, 2.75) is 26.4 Å². The van der Waals surface area contributed by atoms with Crippen LogP contribution in [0.5, 0.6) is 0 Å². The molecule has 2 atom stereocenters. The van der Waals surface area contributed by atoms with Crippen LogP contribution >= 0.6 is 11.3 Å². The SMILES string of the molecule is Cc1cc(C[C@@H]2CN(C(=O)c3sc(N4CCOCC4)nc3C)C[C@H]2O)n[nH]1. The zero-order chi connectivity index (χ0) is 19.0. The summed E-state index contributed by atoms with van der Waals surface area (Å²) in [5, 5.41) is 18.5. The van der Waals surface area contributed by atoms with Gasteiger partial charge in [0.2, 0.25) is 0 Å². The Morgan fingerprint density at radius 3 is 2.85 bits per heavy atom. The van der Waals surface area contributed by atoms with Crippen LogP contribution in [0.4, 0.5) is 5.13 Å². The van der Waals surface area contributed by atoms with Crippen molar-refractivity contribution in [2.75, 3.05) is 44.3 Å². The fourth-order valence-electron chi connectivity index (χ4n) is 3.68. The second kappa shape index (κ2) is 7.57. The highest BCUT2D eigenvalue weighted by atomic mass is 32.1. The fraction of sp³-hybridized carbons (Fsp3) is 0.611. The van der Waals surface area contributed by atoms with Gasteiger partial charge >= 0.3 is 0 Å². The Balaban J connectivity index is 1.44. The van der Waals surface area contributed by atoms with Crippen LogP contribution in [-0.4, -0.2) is 76.6 Å². The minimum Gasteiger partial charge on any atom is -0.391 e. The quantitative estimate of drug-likeness (QED) is 0.807. The number of hydrogen-bond donors (Lipinski definition) is 2. The molecule has 0 aromatic carbocycles. The van der Waals surface area contributed by atoms with E-state index in [1.54, 1.807) is 4.90 Å². The summed E-state index contributed by atoms with van der Waals surface area (Å²) in [6.45, 7) is 7.71. The number of carbonyl (C=O) groups excluding carboxylic acids is 1. The number of carbonyl (C=O) groups is 1. The predicted molar refractivity (Wildman–Crippen MR) is 102 cm³/mol. The van der Waals surface area contributed by atoms with Crippen LogP contribution in [0.25, 0.3) is 0 Å². The largest absolute Gasteiger partial charge is 0.391 e. The van der Waals surface area contributed by atoms with Gasteiger partial charge in [-0.15, -0.1) is 0 Å². The minimum atomic E-state index is -0.530. The number of β-amino-alcohol motifs (C(OH)–C–C–N with tert-alkyl or cyclic N) is 1. The summed E-state index contributed by atoms with van der Waals surface area (Å²) >= 11 is 1.44. The van der Waals surface area contributed by atoms with E-state index in [4.69, 9.17) is 4.74 Å². The highest BCUT2D eigenvalue weighted by Crippen LogP contribution is 2.30. The Bertz CT molecular complexity index is 814. The maximum absolute atomic E-state index is 13.0. The molecule has 2 aliphatic rings. The first-order valence-corrected chi connectivity index (χ1v) is 10.1.